The molecule has 0 saturated heterocycles. The summed E-state index contributed by atoms with van der Waals surface area (Å²) < 4.78 is 17.9. The van der Waals surface area contributed by atoms with Gasteiger partial charge in [-0.2, -0.15) is 5.26 Å². The lowest BCUT2D eigenvalue weighted by Crippen LogP contribution is -2.29. The molecule has 1 aromatic rings. The molecule has 0 heterocycles. The van der Waals surface area contributed by atoms with E-state index in [4.69, 9.17) is 5.26 Å². The van der Waals surface area contributed by atoms with Crippen molar-refractivity contribution < 1.29 is 13.9 Å². The summed E-state index contributed by atoms with van der Waals surface area (Å²) in [6.07, 6.45) is 0. The predicted octanol–water partition coefficient (Wildman–Crippen LogP) is 1.94. The van der Waals surface area contributed by atoms with E-state index in [1.165, 1.54) is 19.2 Å². The van der Waals surface area contributed by atoms with Crippen LogP contribution >= 0.6 is 0 Å². The maximum Gasteiger partial charge on any atom is 0.310 e. The van der Waals surface area contributed by atoms with E-state index in [-0.39, 0.29) is 17.5 Å². The van der Waals surface area contributed by atoms with Gasteiger partial charge in [-0.1, -0.05) is 6.92 Å². The van der Waals surface area contributed by atoms with Gasteiger partial charge in [-0.3, -0.25) is 4.79 Å². The summed E-state index contributed by atoms with van der Waals surface area (Å²) in [5.74, 6) is -1.12. The van der Waals surface area contributed by atoms with Gasteiger partial charge in [0.15, 0.2) is 0 Å². The Balaban J connectivity index is 2.84. The van der Waals surface area contributed by atoms with Crippen LogP contribution in [-0.4, -0.2) is 26.7 Å². The average molecular weight is 250 g/mol. The number of anilines is 1. The van der Waals surface area contributed by atoms with Crippen LogP contribution < -0.4 is 4.90 Å². The van der Waals surface area contributed by atoms with Crippen LogP contribution in [0.5, 0.6) is 0 Å². The minimum atomic E-state index is -0.471. The van der Waals surface area contributed by atoms with Crippen molar-refractivity contribution in [1.82, 2.24) is 0 Å². The van der Waals surface area contributed by atoms with Crippen LogP contribution in [0.3, 0.4) is 0 Å². The fourth-order valence-electron chi connectivity index (χ4n) is 1.65. The van der Waals surface area contributed by atoms with Crippen LogP contribution in [-0.2, 0) is 9.53 Å². The molecule has 0 aliphatic rings. The molecule has 0 aliphatic heterocycles. The number of benzene rings is 1. The zero-order valence-electron chi connectivity index (χ0n) is 10.6. The third-order valence-electron chi connectivity index (χ3n) is 2.60. The van der Waals surface area contributed by atoms with E-state index in [0.29, 0.717) is 12.2 Å². The SMILES string of the molecule is COC(=O)C(C)CN(C)c1cc(F)cc(C#N)c1. The first-order chi connectivity index (χ1) is 8.47. The zero-order valence-corrected chi connectivity index (χ0v) is 10.6. The number of rotatable bonds is 4. The number of nitrogens with zero attached hydrogens (tertiary/aromatic N) is 2. The van der Waals surface area contributed by atoms with Gasteiger partial charge in [-0.15, -0.1) is 0 Å². The Bertz CT molecular complexity index is 482. The van der Waals surface area contributed by atoms with Gasteiger partial charge in [0, 0.05) is 19.3 Å². The number of methoxy groups -OCH3 is 1. The fraction of sp³-hybridized carbons (Fsp3) is 0.385. The maximum atomic E-state index is 13.3. The topological polar surface area (TPSA) is 53.3 Å². The number of halogens is 1. The second-order valence-corrected chi connectivity index (χ2v) is 4.11. The molecule has 1 atom stereocenters. The van der Waals surface area contributed by atoms with Crippen molar-refractivity contribution in [3.63, 3.8) is 0 Å². The van der Waals surface area contributed by atoms with Gasteiger partial charge in [0.2, 0.25) is 0 Å². The van der Waals surface area contributed by atoms with Crippen LogP contribution in [0, 0.1) is 23.1 Å². The fourth-order valence-corrected chi connectivity index (χ4v) is 1.65. The normalized spacial score (nSPS) is 11.5. The molecule has 18 heavy (non-hydrogen) atoms. The Morgan fingerprint density at radius 3 is 2.78 bits per heavy atom. The van der Waals surface area contributed by atoms with E-state index in [2.05, 4.69) is 4.74 Å². The lowest BCUT2D eigenvalue weighted by Gasteiger charge is -2.22. The summed E-state index contributed by atoms with van der Waals surface area (Å²) in [6.45, 7) is 2.12. The first-order valence-electron chi connectivity index (χ1n) is 5.47. The molecule has 0 bridgehead atoms. The van der Waals surface area contributed by atoms with E-state index < -0.39 is 5.82 Å². The second-order valence-electron chi connectivity index (χ2n) is 4.11. The number of nitriles is 1. The number of carbonyl (C=O) groups excluding carboxylic acids is 1. The largest absolute Gasteiger partial charge is 0.469 e. The van der Waals surface area contributed by atoms with Crippen molar-refractivity contribution in [2.45, 2.75) is 6.92 Å². The van der Waals surface area contributed by atoms with Gasteiger partial charge in [0.25, 0.3) is 0 Å². The number of esters is 1. The average Bonchev–Trinajstić information content (AvgIpc) is 2.36. The van der Waals surface area contributed by atoms with Gasteiger partial charge < -0.3 is 9.64 Å². The molecule has 0 saturated carbocycles. The highest BCUT2D eigenvalue weighted by Crippen LogP contribution is 2.18. The summed E-state index contributed by atoms with van der Waals surface area (Å²) >= 11 is 0. The van der Waals surface area contributed by atoms with Crippen LogP contribution in [0.15, 0.2) is 18.2 Å². The van der Waals surface area contributed by atoms with Crippen LogP contribution in [0.1, 0.15) is 12.5 Å². The summed E-state index contributed by atoms with van der Waals surface area (Å²) in [5, 5.41) is 8.77. The van der Waals surface area contributed by atoms with Crippen molar-refractivity contribution >= 4 is 11.7 Å². The minimum absolute atomic E-state index is 0.252. The molecule has 1 unspecified atom stereocenters. The lowest BCUT2D eigenvalue weighted by molar-refractivity contribution is -0.144. The molecular weight excluding hydrogens is 235 g/mol. The van der Waals surface area contributed by atoms with Gasteiger partial charge >= 0.3 is 5.97 Å². The van der Waals surface area contributed by atoms with Crippen LogP contribution in [0.25, 0.3) is 0 Å². The summed E-state index contributed by atoms with van der Waals surface area (Å²) in [7, 11) is 3.06. The molecule has 0 aromatic heterocycles. The Kier molecular flexibility index (Phi) is 4.67. The molecule has 4 nitrogen and oxygen atoms in total. The third-order valence-corrected chi connectivity index (χ3v) is 2.60. The molecule has 0 N–H and O–H groups in total. The first-order valence-corrected chi connectivity index (χ1v) is 5.47. The maximum absolute atomic E-state index is 13.3. The monoisotopic (exact) mass is 250 g/mol. The Hall–Kier alpha value is -2.09. The first kappa shape index (κ1) is 14.0. The molecule has 0 aliphatic carbocycles. The molecule has 96 valence electrons. The minimum Gasteiger partial charge on any atom is -0.469 e. The number of hydrogen-bond donors (Lipinski definition) is 0. The molecule has 5 heteroatoms. The number of ether oxygens (including phenoxy) is 1. The van der Waals surface area contributed by atoms with Crippen molar-refractivity contribution in [2.24, 2.45) is 5.92 Å². The molecule has 0 fully saturated rings. The highest BCUT2D eigenvalue weighted by molar-refractivity contribution is 5.72. The van der Waals surface area contributed by atoms with E-state index in [1.807, 2.05) is 6.07 Å². The molecule has 1 rings (SSSR count). The van der Waals surface area contributed by atoms with Crippen molar-refractivity contribution in [3.8, 4) is 6.07 Å². The Morgan fingerprint density at radius 1 is 1.56 bits per heavy atom. The van der Waals surface area contributed by atoms with Gasteiger partial charge in [-0.25, -0.2) is 4.39 Å². The van der Waals surface area contributed by atoms with E-state index >= 15 is 0 Å². The van der Waals surface area contributed by atoms with E-state index in [0.717, 1.165) is 0 Å². The highest BCUT2D eigenvalue weighted by Gasteiger charge is 2.16. The molecule has 0 spiro atoms. The van der Waals surface area contributed by atoms with Crippen molar-refractivity contribution in [2.75, 3.05) is 25.6 Å². The number of carbonyl (C=O) groups is 1. The smallest absolute Gasteiger partial charge is 0.310 e. The molecule has 0 radical (unpaired) electrons. The molecule has 1 aromatic carbocycles. The summed E-state index contributed by atoms with van der Waals surface area (Å²) in [6, 6.07) is 5.96. The second kappa shape index (κ2) is 6.01. The Labute approximate surface area is 106 Å². The Morgan fingerprint density at radius 2 is 2.22 bits per heavy atom. The van der Waals surface area contributed by atoms with Gasteiger partial charge in [0.05, 0.1) is 24.7 Å². The van der Waals surface area contributed by atoms with Crippen molar-refractivity contribution in [3.05, 3.63) is 29.6 Å². The van der Waals surface area contributed by atoms with E-state index in [1.54, 1.807) is 24.9 Å². The quantitative estimate of drug-likeness (QED) is 0.766. The summed E-state index contributed by atoms with van der Waals surface area (Å²) in [4.78, 5) is 13.0. The molecule has 0 amide bonds. The van der Waals surface area contributed by atoms with Crippen molar-refractivity contribution in [1.29, 1.82) is 5.26 Å². The van der Waals surface area contributed by atoms with Gasteiger partial charge in [-0.05, 0) is 18.2 Å². The van der Waals surface area contributed by atoms with Crippen LogP contribution in [0.4, 0.5) is 10.1 Å². The third kappa shape index (κ3) is 3.45. The van der Waals surface area contributed by atoms with Crippen LogP contribution in [0.2, 0.25) is 0 Å². The number of hydrogen-bond acceptors (Lipinski definition) is 4. The summed E-state index contributed by atoms with van der Waals surface area (Å²) in [5.41, 5.74) is 0.810. The lowest BCUT2D eigenvalue weighted by atomic mass is 10.1. The predicted molar refractivity (Wildman–Crippen MR) is 65.6 cm³/mol. The molecular formula is C13H15FN2O2. The van der Waals surface area contributed by atoms with E-state index in [9.17, 15) is 9.18 Å². The highest BCUT2D eigenvalue weighted by atomic mass is 19.1. The van der Waals surface area contributed by atoms with Gasteiger partial charge in [0.1, 0.15) is 5.82 Å². The zero-order chi connectivity index (χ0) is 13.7. The standard InChI is InChI=1S/C13H15FN2O2/c1-9(13(17)18-3)8-16(2)12-5-10(7-15)4-11(14)6-12/h4-6,9H,8H2,1-3H3.